The smallest absolute Gasteiger partial charge is 0.284 e. The zero-order valence-corrected chi connectivity index (χ0v) is 17.2. The third kappa shape index (κ3) is 4.25. The monoisotopic (exact) mass is 423 g/mol. The average molecular weight is 423 g/mol. The molecule has 1 amide bonds. The predicted molar refractivity (Wildman–Crippen MR) is 114 cm³/mol. The first-order valence-corrected chi connectivity index (χ1v) is 10.9. The molecule has 0 unspecified atom stereocenters. The van der Waals surface area contributed by atoms with Crippen molar-refractivity contribution in [2.45, 2.75) is 17.7 Å². The Morgan fingerprint density at radius 3 is 2.63 bits per heavy atom. The van der Waals surface area contributed by atoms with Crippen LogP contribution in [-0.2, 0) is 10.0 Å². The summed E-state index contributed by atoms with van der Waals surface area (Å²) in [5, 5.41) is 6.98. The summed E-state index contributed by atoms with van der Waals surface area (Å²) in [5.74, 6) is 0.122. The molecule has 0 spiro atoms. The minimum atomic E-state index is -3.86. The van der Waals surface area contributed by atoms with Gasteiger partial charge in [0.15, 0.2) is 5.69 Å². The number of aromatic nitrogens is 2. The lowest BCUT2D eigenvalue weighted by Gasteiger charge is -2.11. The normalized spacial score (nSPS) is 15.5. The van der Waals surface area contributed by atoms with E-state index < -0.39 is 15.9 Å². The highest BCUT2D eigenvalue weighted by Crippen LogP contribution is 2.20. The Morgan fingerprint density at radius 1 is 1.10 bits per heavy atom. The number of amides is 1. The molecule has 1 fully saturated rings. The maximum atomic E-state index is 12.7. The van der Waals surface area contributed by atoms with Crippen LogP contribution in [-0.4, -0.2) is 48.4 Å². The molecule has 0 aliphatic carbocycles. The summed E-state index contributed by atoms with van der Waals surface area (Å²) in [6.07, 6.45) is 3.21. The maximum Gasteiger partial charge on any atom is 0.284 e. The van der Waals surface area contributed by atoms with Crippen molar-refractivity contribution in [2.24, 2.45) is 4.40 Å². The van der Waals surface area contributed by atoms with Crippen molar-refractivity contribution in [1.29, 1.82) is 0 Å². The third-order valence-corrected chi connectivity index (χ3v) is 6.09. The van der Waals surface area contributed by atoms with Gasteiger partial charge >= 0.3 is 0 Å². The van der Waals surface area contributed by atoms with Crippen molar-refractivity contribution in [3.05, 3.63) is 72.6 Å². The largest absolute Gasteiger partial charge is 0.362 e. The molecule has 1 aliphatic heterocycles. The van der Waals surface area contributed by atoms with Gasteiger partial charge < -0.3 is 10.2 Å². The van der Waals surface area contributed by atoms with E-state index in [1.807, 2.05) is 42.3 Å². The molecule has 1 aromatic heterocycles. The highest BCUT2D eigenvalue weighted by atomic mass is 32.2. The van der Waals surface area contributed by atoms with E-state index in [0.29, 0.717) is 17.9 Å². The fourth-order valence-electron chi connectivity index (χ4n) is 3.20. The van der Waals surface area contributed by atoms with E-state index in [1.165, 1.54) is 12.1 Å². The Balaban J connectivity index is 1.52. The Hall–Kier alpha value is -3.46. The SMILES string of the molecule is CN1CCC/C1=N\S(=O)(=O)c1cccc(NC(=O)c2ccn(-c3ccccc3)n2)c1. The first-order chi connectivity index (χ1) is 14.4. The number of carbonyl (C=O) groups excluding carboxylic acids is 1. The summed E-state index contributed by atoms with van der Waals surface area (Å²) in [6, 6.07) is 17.1. The highest BCUT2D eigenvalue weighted by Gasteiger charge is 2.21. The number of nitrogens with one attached hydrogen (secondary N) is 1. The van der Waals surface area contributed by atoms with Gasteiger partial charge in [-0.05, 0) is 42.8 Å². The minimum absolute atomic E-state index is 0.0305. The number of para-hydroxylation sites is 1. The molecule has 2 heterocycles. The number of amidine groups is 1. The molecule has 3 aromatic rings. The standard InChI is InChI=1S/C21H21N5O3S/c1-25-13-6-11-20(25)24-30(28,29)18-10-5-7-16(15-18)22-21(27)19-12-14-26(23-19)17-8-3-2-4-9-17/h2-5,7-10,12,14-15H,6,11,13H2,1H3,(H,22,27)/b24-20+. The quantitative estimate of drug-likeness (QED) is 0.681. The summed E-state index contributed by atoms with van der Waals surface area (Å²) in [5.41, 5.74) is 1.41. The molecule has 0 atom stereocenters. The number of sulfonamides is 1. The molecule has 0 bridgehead atoms. The van der Waals surface area contributed by atoms with E-state index in [0.717, 1.165) is 18.7 Å². The van der Waals surface area contributed by atoms with E-state index in [1.54, 1.807) is 29.1 Å². The Morgan fingerprint density at radius 2 is 1.90 bits per heavy atom. The number of hydrogen-bond acceptors (Lipinski definition) is 4. The maximum absolute atomic E-state index is 12.7. The van der Waals surface area contributed by atoms with Crippen LogP contribution in [0, 0.1) is 0 Å². The van der Waals surface area contributed by atoms with Gasteiger partial charge in [-0.2, -0.15) is 13.5 Å². The van der Waals surface area contributed by atoms with Crippen LogP contribution in [0.3, 0.4) is 0 Å². The van der Waals surface area contributed by atoms with E-state index in [9.17, 15) is 13.2 Å². The summed E-state index contributed by atoms with van der Waals surface area (Å²) in [6.45, 7) is 0.792. The fourth-order valence-corrected chi connectivity index (χ4v) is 4.34. The van der Waals surface area contributed by atoms with Gasteiger partial charge in [0, 0.05) is 31.9 Å². The van der Waals surface area contributed by atoms with Gasteiger partial charge in [0.05, 0.1) is 10.6 Å². The lowest BCUT2D eigenvalue weighted by Crippen LogP contribution is -2.20. The van der Waals surface area contributed by atoms with Crippen molar-refractivity contribution < 1.29 is 13.2 Å². The van der Waals surface area contributed by atoms with Crippen LogP contribution >= 0.6 is 0 Å². The van der Waals surface area contributed by atoms with Gasteiger partial charge in [0.25, 0.3) is 15.9 Å². The lowest BCUT2D eigenvalue weighted by atomic mass is 10.3. The van der Waals surface area contributed by atoms with Crippen LogP contribution in [0.5, 0.6) is 0 Å². The number of benzene rings is 2. The summed E-state index contributed by atoms with van der Waals surface area (Å²) < 4.78 is 30.9. The summed E-state index contributed by atoms with van der Waals surface area (Å²) in [7, 11) is -2.03. The third-order valence-electron chi connectivity index (χ3n) is 4.79. The molecule has 9 heteroatoms. The Kier molecular flexibility index (Phi) is 5.37. The van der Waals surface area contributed by atoms with Crippen molar-refractivity contribution in [3.63, 3.8) is 0 Å². The number of nitrogens with zero attached hydrogens (tertiary/aromatic N) is 4. The second-order valence-corrected chi connectivity index (χ2v) is 8.57. The van der Waals surface area contributed by atoms with E-state index in [2.05, 4.69) is 14.8 Å². The molecule has 30 heavy (non-hydrogen) atoms. The van der Waals surface area contributed by atoms with Crippen LogP contribution in [0.25, 0.3) is 5.69 Å². The summed E-state index contributed by atoms with van der Waals surface area (Å²) >= 11 is 0. The molecule has 1 saturated heterocycles. The first kappa shape index (κ1) is 19.8. The summed E-state index contributed by atoms with van der Waals surface area (Å²) in [4.78, 5) is 14.4. The van der Waals surface area contributed by atoms with Gasteiger partial charge in [0.1, 0.15) is 5.84 Å². The van der Waals surface area contributed by atoms with Crippen molar-refractivity contribution in [3.8, 4) is 5.69 Å². The van der Waals surface area contributed by atoms with Gasteiger partial charge in [-0.1, -0.05) is 24.3 Å². The molecular weight excluding hydrogens is 402 g/mol. The molecule has 1 aliphatic rings. The molecular formula is C21H21N5O3S. The average Bonchev–Trinajstić information content (AvgIpc) is 3.38. The van der Waals surface area contributed by atoms with Crippen LogP contribution < -0.4 is 5.32 Å². The number of likely N-dealkylation sites (tertiary alicyclic amines) is 1. The predicted octanol–water partition coefficient (Wildman–Crippen LogP) is 2.94. The minimum Gasteiger partial charge on any atom is -0.362 e. The van der Waals surface area contributed by atoms with Gasteiger partial charge in [-0.3, -0.25) is 4.79 Å². The molecule has 154 valence electrons. The molecule has 0 radical (unpaired) electrons. The van der Waals surface area contributed by atoms with Crippen LogP contribution in [0.4, 0.5) is 5.69 Å². The first-order valence-electron chi connectivity index (χ1n) is 9.50. The Labute approximate surface area is 174 Å². The Bertz CT molecular complexity index is 1200. The van der Waals surface area contributed by atoms with Gasteiger partial charge in [-0.25, -0.2) is 4.68 Å². The highest BCUT2D eigenvalue weighted by molar-refractivity contribution is 7.90. The van der Waals surface area contributed by atoms with Gasteiger partial charge in [0.2, 0.25) is 0 Å². The van der Waals surface area contributed by atoms with Gasteiger partial charge in [-0.15, -0.1) is 4.40 Å². The number of anilines is 1. The van der Waals surface area contributed by atoms with Crippen LogP contribution in [0.1, 0.15) is 23.3 Å². The number of rotatable bonds is 5. The molecule has 1 N–H and O–H groups in total. The second-order valence-electron chi connectivity index (χ2n) is 6.97. The zero-order valence-electron chi connectivity index (χ0n) is 16.4. The van der Waals surface area contributed by atoms with Crippen molar-refractivity contribution in [1.82, 2.24) is 14.7 Å². The molecule has 8 nitrogen and oxygen atoms in total. The van der Waals surface area contributed by atoms with Crippen molar-refractivity contribution >= 4 is 27.5 Å². The van der Waals surface area contributed by atoms with E-state index in [4.69, 9.17) is 0 Å². The molecule has 4 rings (SSSR count). The second kappa shape index (κ2) is 8.11. The lowest BCUT2D eigenvalue weighted by molar-refractivity contribution is 0.102. The number of carbonyl (C=O) groups is 1. The topological polar surface area (TPSA) is 96.7 Å². The van der Waals surface area contributed by atoms with Crippen LogP contribution in [0.15, 0.2) is 76.2 Å². The molecule has 0 saturated carbocycles. The molecule has 2 aromatic carbocycles. The van der Waals surface area contributed by atoms with Crippen LogP contribution in [0.2, 0.25) is 0 Å². The van der Waals surface area contributed by atoms with E-state index in [-0.39, 0.29) is 10.6 Å². The zero-order chi connectivity index (χ0) is 21.1. The number of hydrogen-bond donors (Lipinski definition) is 1. The van der Waals surface area contributed by atoms with Crippen molar-refractivity contribution in [2.75, 3.05) is 18.9 Å². The van der Waals surface area contributed by atoms with E-state index >= 15 is 0 Å². The fraction of sp³-hybridized carbons (Fsp3) is 0.190.